The Morgan fingerprint density at radius 3 is 2.24 bits per heavy atom. The van der Waals surface area contributed by atoms with Crippen LogP contribution in [0.5, 0.6) is 0 Å². The van der Waals surface area contributed by atoms with Crippen molar-refractivity contribution < 1.29 is 9.90 Å². The van der Waals surface area contributed by atoms with E-state index in [9.17, 15) is 4.79 Å². The molecular formula is C14H21NO2. The third-order valence-electron chi connectivity index (χ3n) is 2.66. The molecule has 0 aliphatic carbocycles. The number of aliphatic hydroxyl groups excluding tert-OH is 1. The summed E-state index contributed by atoms with van der Waals surface area (Å²) in [5, 5.41) is 11.6. The second-order valence-electron chi connectivity index (χ2n) is 5.38. The van der Waals surface area contributed by atoms with Gasteiger partial charge in [0.1, 0.15) is 0 Å². The lowest BCUT2D eigenvalue weighted by Gasteiger charge is -2.19. The zero-order valence-electron chi connectivity index (χ0n) is 10.9. The van der Waals surface area contributed by atoms with Gasteiger partial charge in [0.25, 0.3) is 5.91 Å². The monoisotopic (exact) mass is 235 g/mol. The molecule has 3 heteroatoms. The van der Waals surface area contributed by atoms with Crippen LogP contribution < -0.4 is 5.32 Å². The summed E-state index contributed by atoms with van der Waals surface area (Å²) >= 11 is 0. The molecule has 94 valence electrons. The Kier molecular flexibility index (Phi) is 4.29. The van der Waals surface area contributed by atoms with Crippen LogP contribution in [0.1, 0.15) is 43.6 Å². The fraction of sp³-hybridized carbons (Fsp3) is 0.500. The van der Waals surface area contributed by atoms with Crippen molar-refractivity contribution in [1.29, 1.82) is 0 Å². The average molecular weight is 235 g/mol. The molecule has 0 saturated carbocycles. The number of carbonyl (C=O) groups is 1. The number of benzene rings is 1. The Morgan fingerprint density at radius 1 is 1.29 bits per heavy atom. The second-order valence-corrected chi connectivity index (χ2v) is 5.38. The molecule has 0 saturated heterocycles. The molecule has 0 fully saturated rings. The molecule has 2 N–H and O–H groups in total. The highest BCUT2D eigenvalue weighted by Crippen LogP contribution is 2.22. The molecule has 3 nitrogen and oxygen atoms in total. The van der Waals surface area contributed by atoms with Gasteiger partial charge < -0.3 is 10.4 Å². The lowest BCUT2D eigenvalue weighted by molar-refractivity contribution is 0.0922. The Bertz CT molecular complexity index is 376. The summed E-state index contributed by atoms with van der Waals surface area (Å²) in [5.41, 5.74) is 1.91. The molecule has 0 aliphatic heterocycles. The largest absolute Gasteiger partial charge is 0.394 e. The SMILES string of the molecule is CC(CO)NC(=O)c1ccc(C(C)(C)C)cc1. The van der Waals surface area contributed by atoms with E-state index in [0.717, 1.165) is 0 Å². The lowest BCUT2D eigenvalue weighted by atomic mass is 9.86. The van der Waals surface area contributed by atoms with Gasteiger partial charge in [-0.3, -0.25) is 4.79 Å². The smallest absolute Gasteiger partial charge is 0.251 e. The molecule has 1 aromatic rings. The van der Waals surface area contributed by atoms with Crippen LogP contribution in [0.2, 0.25) is 0 Å². The van der Waals surface area contributed by atoms with Gasteiger partial charge in [0.2, 0.25) is 0 Å². The molecule has 1 rings (SSSR count). The van der Waals surface area contributed by atoms with Crippen LogP contribution in [0.25, 0.3) is 0 Å². The first kappa shape index (κ1) is 13.7. The third-order valence-corrected chi connectivity index (χ3v) is 2.66. The summed E-state index contributed by atoms with van der Waals surface area (Å²) in [5.74, 6) is -0.146. The molecule has 1 amide bonds. The first-order valence-corrected chi connectivity index (χ1v) is 5.87. The minimum Gasteiger partial charge on any atom is -0.394 e. The first-order valence-electron chi connectivity index (χ1n) is 5.87. The molecule has 0 heterocycles. The highest BCUT2D eigenvalue weighted by molar-refractivity contribution is 5.94. The predicted octanol–water partition coefficient (Wildman–Crippen LogP) is 2.09. The fourth-order valence-electron chi connectivity index (χ4n) is 1.47. The van der Waals surface area contributed by atoms with Crippen LogP contribution >= 0.6 is 0 Å². The Hall–Kier alpha value is -1.35. The molecule has 0 aromatic heterocycles. The van der Waals surface area contributed by atoms with E-state index in [-0.39, 0.29) is 24.0 Å². The standard InChI is InChI=1S/C14H21NO2/c1-10(9-16)15-13(17)11-5-7-12(8-6-11)14(2,3)4/h5-8,10,16H,9H2,1-4H3,(H,15,17). The number of nitrogens with one attached hydrogen (secondary N) is 1. The number of aliphatic hydroxyl groups is 1. The fourth-order valence-corrected chi connectivity index (χ4v) is 1.47. The molecule has 17 heavy (non-hydrogen) atoms. The van der Waals surface area contributed by atoms with Crippen molar-refractivity contribution >= 4 is 5.91 Å². The Balaban J connectivity index is 2.78. The van der Waals surface area contributed by atoms with Gasteiger partial charge in [0, 0.05) is 11.6 Å². The van der Waals surface area contributed by atoms with Crippen molar-refractivity contribution in [3.8, 4) is 0 Å². The number of hydrogen-bond donors (Lipinski definition) is 2. The van der Waals surface area contributed by atoms with E-state index in [1.807, 2.05) is 24.3 Å². The molecule has 0 spiro atoms. The maximum absolute atomic E-state index is 11.8. The van der Waals surface area contributed by atoms with Crippen molar-refractivity contribution in [3.63, 3.8) is 0 Å². The van der Waals surface area contributed by atoms with Crippen LogP contribution in [0.4, 0.5) is 0 Å². The topological polar surface area (TPSA) is 49.3 Å². The molecule has 0 bridgehead atoms. The summed E-state index contributed by atoms with van der Waals surface area (Å²) in [6.45, 7) is 8.12. The van der Waals surface area contributed by atoms with Crippen LogP contribution in [-0.4, -0.2) is 23.7 Å². The van der Waals surface area contributed by atoms with E-state index in [1.165, 1.54) is 5.56 Å². The number of carbonyl (C=O) groups excluding carboxylic acids is 1. The number of rotatable bonds is 3. The summed E-state index contributed by atoms with van der Waals surface area (Å²) < 4.78 is 0. The summed E-state index contributed by atoms with van der Waals surface area (Å²) in [7, 11) is 0. The van der Waals surface area contributed by atoms with Gasteiger partial charge in [-0.25, -0.2) is 0 Å². The van der Waals surface area contributed by atoms with E-state index in [2.05, 4.69) is 26.1 Å². The summed E-state index contributed by atoms with van der Waals surface area (Å²) in [6, 6.07) is 7.36. The summed E-state index contributed by atoms with van der Waals surface area (Å²) in [6.07, 6.45) is 0. The lowest BCUT2D eigenvalue weighted by Crippen LogP contribution is -2.35. The van der Waals surface area contributed by atoms with Crippen molar-refractivity contribution in [2.45, 2.75) is 39.2 Å². The number of hydrogen-bond acceptors (Lipinski definition) is 2. The molecule has 0 radical (unpaired) electrons. The quantitative estimate of drug-likeness (QED) is 0.843. The Morgan fingerprint density at radius 2 is 1.82 bits per heavy atom. The van der Waals surface area contributed by atoms with E-state index in [0.29, 0.717) is 5.56 Å². The van der Waals surface area contributed by atoms with Gasteiger partial charge in [-0.1, -0.05) is 32.9 Å². The zero-order chi connectivity index (χ0) is 13.1. The van der Waals surface area contributed by atoms with Gasteiger partial charge in [-0.15, -0.1) is 0 Å². The van der Waals surface area contributed by atoms with Crippen LogP contribution in [0.3, 0.4) is 0 Å². The second kappa shape index (κ2) is 5.32. The normalized spacial score (nSPS) is 13.2. The van der Waals surface area contributed by atoms with Gasteiger partial charge >= 0.3 is 0 Å². The van der Waals surface area contributed by atoms with Gasteiger partial charge in [-0.2, -0.15) is 0 Å². The third kappa shape index (κ3) is 3.86. The maximum atomic E-state index is 11.8. The van der Waals surface area contributed by atoms with Crippen molar-refractivity contribution in [2.75, 3.05) is 6.61 Å². The first-order chi connectivity index (χ1) is 7.84. The number of amides is 1. The Labute approximate surface area is 103 Å². The van der Waals surface area contributed by atoms with Crippen molar-refractivity contribution in [1.82, 2.24) is 5.32 Å². The van der Waals surface area contributed by atoms with E-state index in [4.69, 9.17) is 5.11 Å². The van der Waals surface area contributed by atoms with Gasteiger partial charge in [0.15, 0.2) is 0 Å². The van der Waals surface area contributed by atoms with Crippen LogP contribution in [0.15, 0.2) is 24.3 Å². The van der Waals surface area contributed by atoms with E-state index >= 15 is 0 Å². The van der Waals surface area contributed by atoms with Crippen LogP contribution in [-0.2, 0) is 5.41 Å². The van der Waals surface area contributed by atoms with Gasteiger partial charge in [0.05, 0.1) is 6.61 Å². The van der Waals surface area contributed by atoms with Gasteiger partial charge in [-0.05, 0) is 30.0 Å². The van der Waals surface area contributed by atoms with E-state index in [1.54, 1.807) is 6.92 Å². The van der Waals surface area contributed by atoms with Crippen molar-refractivity contribution in [3.05, 3.63) is 35.4 Å². The molecule has 1 unspecified atom stereocenters. The minimum atomic E-state index is -0.218. The average Bonchev–Trinajstić information content (AvgIpc) is 2.27. The molecule has 1 aromatic carbocycles. The van der Waals surface area contributed by atoms with E-state index < -0.39 is 0 Å². The predicted molar refractivity (Wildman–Crippen MR) is 69.2 cm³/mol. The highest BCUT2D eigenvalue weighted by Gasteiger charge is 2.14. The molecule has 1 atom stereocenters. The zero-order valence-corrected chi connectivity index (χ0v) is 10.9. The minimum absolute atomic E-state index is 0.0498. The van der Waals surface area contributed by atoms with Crippen molar-refractivity contribution in [2.24, 2.45) is 0 Å². The highest BCUT2D eigenvalue weighted by atomic mass is 16.3. The maximum Gasteiger partial charge on any atom is 0.251 e. The molecular weight excluding hydrogens is 214 g/mol. The summed E-state index contributed by atoms with van der Waals surface area (Å²) in [4.78, 5) is 11.8. The van der Waals surface area contributed by atoms with Crippen LogP contribution in [0, 0.1) is 0 Å². The molecule has 0 aliphatic rings.